The van der Waals surface area contributed by atoms with Gasteiger partial charge >= 0.3 is 0 Å². The molecule has 4 rings (SSSR count). The van der Waals surface area contributed by atoms with Crippen LogP contribution in [0.4, 0.5) is 0 Å². The number of nitrogens with zero attached hydrogens (tertiary/aromatic N) is 6. The summed E-state index contributed by atoms with van der Waals surface area (Å²) in [6.45, 7) is 1.80. The molecule has 0 N–H and O–H groups in total. The molecule has 160 valence electrons. The number of rotatable bonds is 4. The Hall–Kier alpha value is -3.11. The van der Waals surface area contributed by atoms with E-state index in [-0.39, 0.29) is 22.8 Å². The van der Waals surface area contributed by atoms with Gasteiger partial charge in [-0.15, -0.1) is 0 Å². The lowest BCUT2D eigenvalue weighted by Crippen LogP contribution is -2.24. The fourth-order valence-corrected chi connectivity index (χ4v) is 3.99. The predicted octanol–water partition coefficient (Wildman–Crippen LogP) is 2.82. The van der Waals surface area contributed by atoms with Gasteiger partial charge in [-0.3, -0.25) is 14.0 Å². The maximum absolute atomic E-state index is 13.6. The Kier molecular flexibility index (Phi) is 5.36. The van der Waals surface area contributed by atoms with Crippen LogP contribution in [0.25, 0.3) is 22.5 Å². The zero-order valence-electron chi connectivity index (χ0n) is 17.5. The monoisotopic (exact) mass is 458 g/mol. The predicted molar refractivity (Wildman–Crippen MR) is 120 cm³/mol. The Balaban J connectivity index is 2.21. The van der Waals surface area contributed by atoms with Crippen LogP contribution < -0.4 is 10.3 Å². The molecule has 0 atom stereocenters. The maximum Gasteiger partial charge on any atom is 0.273 e. The Morgan fingerprint density at radius 2 is 2.00 bits per heavy atom. The Morgan fingerprint density at radius 3 is 2.65 bits per heavy atom. The standard InChI is InChI=1S/C20H19ClN6O3S/c1-10-14(30-4)7-6-12(21)15(10)27-17(28)11-8-22-19(31-5)24-16(11)26-9-13(23-20(26)27)18(29)25(2)3/h6-9H,1-5H3. The summed E-state index contributed by atoms with van der Waals surface area (Å²) < 4.78 is 8.40. The minimum atomic E-state index is -0.400. The molecule has 9 nitrogen and oxygen atoms in total. The van der Waals surface area contributed by atoms with Crippen molar-refractivity contribution < 1.29 is 9.53 Å². The quantitative estimate of drug-likeness (QED) is 0.343. The number of methoxy groups -OCH3 is 1. The van der Waals surface area contributed by atoms with Crippen LogP contribution in [-0.4, -0.2) is 62.2 Å². The second kappa shape index (κ2) is 7.86. The lowest BCUT2D eigenvalue weighted by molar-refractivity contribution is 0.0822. The highest BCUT2D eigenvalue weighted by atomic mass is 35.5. The second-order valence-electron chi connectivity index (χ2n) is 6.95. The van der Waals surface area contributed by atoms with E-state index in [9.17, 15) is 9.59 Å². The molecular formula is C20H19ClN6O3S. The normalized spacial score (nSPS) is 11.3. The van der Waals surface area contributed by atoms with Gasteiger partial charge in [0.2, 0.25) is 5.78 Å². The summed E-state index contributed by atoms with van der Waals surface area (Å²) in [5.74, 6) is 0.477. The number of imidazole rings is 1. The average Bonchev–Trinajstić information content (AvgIpc) is 3.20. The van der Waals surface area contributed by atoms with Crippen molar-refractivity contribution in [1.29, 1.82) is 0 Å². The summed E-state index contributed by atoms with van der Waals surface area (Å²) in [5.41, 5.74) is 1.21. The molecule has 0 radical (unpaired) electrons. The van der Waals surface area contributed by atoms with Crippen molar-refractivity contribution in [3.8, 4) is 11.4 Å². The number of fused-ring (bicyclic) bond motifs is 3. The van der Waals surface area contributed by atoms with Gasteiger partial charge in [-0.1, -0.05) is 23.4 Å². The molecule has 0 unspecified atom stereocenters. The zero-order chi connectivity index (χ0) is 22.4. The molecule has 3 heterocycles. The first-order valence-electron chi connectivity index (χ1n) is 9.18. The van der Waals surface area contributed by atoms with Gasteiger partial charge < -0.3 is 9.64 Å². The first kappa shape index (κ1) is 21.1. The van der Waals surface area contributed by atoms with Crippen LogP contribution in [0.15, 0.2) is 34.5 Å². The van der Waals surface area contributed by atoms with Crippen LogP contribution in [-0.2, 0) is 0 Å². The summed E-state index contributed by atoms with van der Waals surface area (Å²) in [6, 6.07) is 3.38. The molecule has 0 aliphatic rings. The molecule has 11 heteroatoms. The van der Waals surface area contributed by atoms with E-state index in [4.69, 9.17) is 16.3 Å². The lowest BCUT2D eigenvalue weighted by Gasteiger charge is -2.16. The van der Waals surface area contributed by atoms with Gasteiger partial charge in [0.25, 0.3) is 11.5 Å². The van der Waals surface area contributed by atoms with Gasteiger partial charge in [0.05, 0.1) is 17.8 Å². The summed E-state index contributed by atoms with van der Waals surface area (Å²) in [6.07, 6.45) is 4.88. The lowest BCUT2D eigenvalue weighted by atomic mass is 10.1. The number of carbonyl (C=O) groups excluding carboxylic acids is 1. The minimum absolute atomic E-state index is 0.173. The zero-order valence-corrected chi connectivity index (χ0v) is 19.1. The van der Waals surface area contributed by atoms with Crippen molar-refractivity contribution in [3.63, 3.8) is 0 Å². The number of hydrogen-bond donors (Lipinski definition) is 0. The highest BCUT2D eigenvalue weighted by Crippen LogP contribution is 2.32. The largest absolute Gasteiger partial charge is 0.496 e. The molecular weight excluding hydrogens is 440 g/mol. The first-order chi connectivity index (χ1) is 14.8. The smallest absolute Gasteiger partial charge is 0.273 e. The van der Waals surface area contributed by atoms with E-state index in [1.54, 1.807) is 50.9 Å². The molecule has 0 aliphatic heterocycles. The SMILES string of the molecule is COc1ccc(Cl)c(-n2c(=O)c3cnc(SC)nc3n3cc(C(=O)N(C)C)nc23)c1C. The number of thioether (sulfide) groups is 1. The van der Waals surface area contributed by atoms with E-state index in [0.717, 1.165) is 0 Å². The number of halogens is 1. The molecule has 0 fully saturated rings. The molecule has 1 amide bonds. The maximum atomic E-state index is 13.6. The average molecular weight is 459 g/mol. The van der Waals surface area contributed by atoms with Gasteiger partial charge in [-0.05, 0) is 25.3 Å². The van der Waals surface area contributed by atoms with Crippen molar-refractivity contribution >= 4 is 46.1 Å². The van der Waals surface area contributed by atoms with Crippen molar-refractivity contribution in [2.24, 2.45) is 0 Å². The molecule has 1 aromatic carbocycles. The van der Waals surface area contributed by atoms with Crippen LogP contribution in [0.5, 0.6) is 5.75 Å². The molecule has 0 aliphatic carbocycles. The Labute approximate surface area is 186 Å². The first-order valence-corrected chi connectivity index (χ1v) is 10.8. The third-order valence-electron chi connectivity index (χ3n) is 4.88. The molecule has 0 saturated carbocycles. The number of benzene rings is 1. The van der Waals surface area contributed by atoms with Gasteiger partial charge in [-0.25, -0.2) is 19.5 Å². The third kappa shape index (κ3) is 3.31. The number of carbonyl (C=O) groups is 1. The van der Waals surface area contributed by atoms with Crippen LogP contribution in [0, 0.1) is 6.92 Å². The van der Waals surface area contributed by atoms with Crippen LogP contribution >= 0.6 is 23.4 Å². The summed E-state index contributed by atoms with van der Waals surface area (Å²) in [5, 5.41) is 1.10. The van der Waals surface area contributed by atoms with Crippen molar-refractivity contribution in [1.82, 2.24) is 28.8 Å². The second-order valence-corrected chi connectivity index (χ2v) is 8.13. The Morgan fingerprint density at radius 1 is 1.26 bits per heavy atom. The number of hydrogen-bond acceptors (Lipinski definition) is 7. The van der Waals surface area contributed by atoms with Crippen LogP contribution in [0.2, 0.25) is 5.02 Å². The number of aromatic nitrogens is 5. The molecule has 31 heavy (non-hydrogen) atoms. The number of amides is 1. The van der Waals surface area contributed by atoms with Gasteiger partial charge in [0, 0.05) is 32.1 Å². The van der Waals surface area contributed by atoms with Gasteiger partial charge in [-0.2, -0.15) is 0 Å². The van der Waals surface area contributed by atoms with Gasteiger partial charge in [0.1, 0.15) is 16.8 Å². The minimum Gasteiger partial charge on any atom is -0.496 e. The molecule has 3 aromatic heterocycles. The van der Waals surface area contributed by atoms with E-state index in [0.29, 0.717) is 32.8 Å². The topological polar surface area (TPSA) is 94.6 Å². The third-order valence-corrected chi connectivity index (χ3v) is 5.75. The van der Waals surface area contributed by atoms with E-state index in [1.807, 2.05) is 6.26 Å². The Bertz CT molecular complexity index is 1410. The number of ether oxygens (including phenoxy) is 1. The van der Waals surface area contributed by atoms with E-state index in [1.165, 1.54) is 27.4 Å². The highest BCUT2D eigenvalue weighted by molar-refractivity contribution is 7.98. The van der Waals surface area contributed by atoms with Crippen LogP contribution in [0.3, 0.4) is 0 Å². The summed E-state index contributed by atoms with van der Waals surface area (Å²) in [4.78, 5) is 40.8. The van der Waals surface area contributed by atoms with Crippen molar-refractivity contribution in [2.45, 2.75) is 12.1 Å². The van der Waals surface area contributed by atoms with Crippen molar-refractivity contribution in [3.05, 3.63) is 51.2 Å². The molecule has 4 aromatic rings. The fraction of sp³-hybridized carbons (Fsp3) is 0.250. The van der Waals surface area contributed by atoms with Crippen LogP contribution in [0.1, 0.15) is 16.1 Å². The molecule has 0 bridgehead atoms. The fourth-order valence-electron chi connectivity index (χ4n) is 3.36. The molecule has 0 spiro atoms. The van der Waals surface area contributed by atoms with Crippen molar-refractivity contribution in [2.75, 3.05) is 27.5 Å². The molecule has 0 saturated heterocycles. The van der Waals surface area contributed by atoms with E-state index < -0.39 is 5.56 Å². The highest BCUT2D eigenvalue weighted by Gasteiger charge is 2.23. The summed E-state index contributed by atoms with van der Waals surface area (Å²) >= 11 is 7.87. The van der Waals surface area contributed by atoms with E-state index >= 15 is 0 Å². The summed E-state index contributed by atoms with van der Waals surface area (Å²) in [7, 11) is 4.81. The van der Waals surface area contributed by atoms with Gasteiger partial charge in [0.15, 0.2) is 10.8 Å². The van der Waals surface area contributed by atoms with E-state index in [2.05, 4.69) is 15.0 Å².